The lowest BCUT2D eigenvalue weighted by Gasteiger charge is -2.19. The van der Waals surface area contributed by atoms with Crippen LogP contribution in [0.25, 0.3) is 0 Å². The molecule has 2 rings (SSSR count). The van der Waals surface area contributed by atoms with Crippen LogP contribution in [0.5, 0.6) is 5.75 Å². The second-order valence-corrected chi connectivity index (χ2v) is 7.17. The maximum Gasteiger partial charge on any atom is 0.238 e. The number of benzene rings is 1. The van der Waals surface area contributed by atoms with Crippen LogP contribution in [0.4, 0.5) is 8.78 Å². The summed E-state index contributed by atoms with van der Waals surface area (Å²) in [4.78, 5) is -0.636. The summed E-state index contributed by atoms with van der Waals surface area (Å²) in [6.07, 6.45) is 1.30. The normalized spacial score (nSPS) is 21.5. The Balaban J connectivity index is 2.11. The highest BCUT2D eigenvalue weighted by Gasteiger charge is 2.32. The van der Waals surface area contributed by atoms with Gasteiger partial charge in [0.25, 0.3) is 0 Å². The van der Waals surface area contributed by atoms with Crippen molar-refractivity contribution in [3.8, 4) is 5.75 Å². The summed E-state index contributed by atoms with van der Waals surface area (Å²) in [6, 6.07) is 1.26. The van der Waals surface area contributed by atoms with Crippen LogP contribution in [0.2, 0.25) is 0 Å². The summed E-state index contributed by atoms with van der Waals surface area (Å²) >= 11 is 0. The van der Waals surface area contributed by atoms with E-state index in [-0.39, 0.29) is 18.3 Å². The van der Waals surface area contributed by atoms with Crippen molar-refractivity contribution >= 4 is 10.0 Å². The van der Waals surface area contributed by atoms with E-state index in [1.807, 2.05) is 13.8 Å². The summed E-state index contributed by atoms with van der Waals surface area (Å²) in [7, 11) is -4.17. The molecular formula is C13H17F2NO4S. The number of halogens is 2. The molecule has 1 atom stereocenters. The largest absolute Gasteiger partial charge is 0.485 e. The fourth-order valence-corrected chi connectivity index (χ4v) is 2.75. The molecule has 21 heavy (non-hydrogen) atoms. The van der Waals surface area contributed by atoms with Crippen LogP contribution in [0, 0.1) is 11.6 Å². The molecule has 0 aromatic heterocycles. The van der Waals surface area contributed by atoms with Crippen molar-refractivity contribution in [2.45, 2.75) is 43.3 Å². The second-order valence-electron chi connectivity index (χ2n) is 5.61. The number of primary sulfonamides is 1. The highest BCUT2D eigenvalue weighted by Crippen LogP contribution is 2.31. The standard InChI is InChI=1S/C13H17F2NO4S/c1-13(2)4-3-8(20-13)7-19-12-10(14)5-9(6-11(12)15)21(16,17)18/h5-6,8H,3-4,7H2,1-2H3,(H2,16,17,18). The van der Waals surface area contributed by atoms with Gasteiger partial charge in [-0.25, -0.2) is 22.3 Å². The van der Waals surface area contributed by atoms with Crippen molar-refractivity contribution in [1.82, 2.24) is 0 Å². The van der Waals surface area contributed by atoms with Crippen molar-refractivity contribution in [2.75, 3.05) is 6.61 Å². The molecule has 1 aromatic carbocycles. The number of ether oxygens (including phenoxy) is 2. The topological polar surface area (TPSA) is 78.6 Å². The van der Waals surface area contributed by atoms with Gasteiger partial charge in [-0.1, -0.05) is 0 Å². The Bertz CT molecular complexity index is 623. The van der Waals surface area contributed by atoms with E-state index >= 15 is 0 Å². The fraction of sp³-hybridized carbons (Fsp3) is 0.538. The highest BCUT2D eigenvalue weighted by atomic mass is 32.2. The molecule has 1 aliphatic rings. The van der Waals surface area contributed by atoms with Crippen LogP contribution in [-0.4, -0.2) is 26.7 Å². The number of hydrogen-bond donors (Lipinski definition) is 1. The van der Waals surface area contributed by atoms with Gasteiger partial charge < -0.3 is 9.47 Å². The van der Waals surface area contributed by atoms with E-state index in [0.29, 0.717) is 12.1 Å². The van der Waals surface area contributed by atoms with Crippen molar-refractivity contribution < 1.29 is 26.7 Å². The zero-order chi connectivity index (χ0) is 15.8. The zero-order valence-electron chi connectivity index (χ0n) is 11.7. The molecule has 0 spiro atoms. The SMILES string of the molecule is CC1(C)CCC(COc2c(F)cc(S(N)(=O)=O)cc2F)O1. The summed E-state index contributed by atoms with van der Waals surface area (Å²) in [5, 5.41) is 4.83. The predicted molar refractivity (Wildman–Crippen MR) is 71.4 cm³/mol. The van der Waals surface area contributed by atoms with Gasteiger partial charge in [-0.15, -0.1) is 0 Å². The van der Waals surface area contributed by atoms with E-state index in [2.05, 4.69) is 0 Å². The van der Waals surface area contributed by atoms with Gasteiger partial charge in [0.05, 0.1) is 16.6 Å². The van der Waals surface area contributed by atoms with Crippen LogP contribution in [-0.2, 0) is 14.8 Å². The molecule has 0 saturated carbocycles. The van der Waals surface area contributed by atoms with Crippen LogP contribution >= 0.6 is 0 Å². The van der Waals surface area contributed by atoms with E-state index in [1.165, 1.54) is 0 Å². The average Bonchev–Trinajstić information content (AvgIpc) is 2.66. The molecule has 2 N–H and O–H groups in total. The van der Waals surface area contributed by atoms with Gasteiger partial charge in [0, 0.05) is 0 Å². The maximum absolute atomic E-state index is 13.7. The van der Waals surface area contributed by atoms with Crippen LogP contribution in [0.1, 0.15) is 26.7 Å². The summed E-state index contributed by atoms with van der Waals surface area (Å²) in [5.74, 6) is -2.86. The van der Waals surface area contributed by atoms with Gasteiger partial charge in [-0.05, 0) is 38.8 Å². The Morgan fingerprint density at radius 3 is 2.38 bits per heavy atom. The monoisotopic (exact) mass is 321 g/mol. The van der Waals surface area contributed by atoms with Gasteiger partial charge in [0.1, 0.15) is 6.61 Å². The third-order valence-electron chi connectivity index (χ3n) is 3.27. The minimum Gasteiger partial charge on any atom is -0.485 e. The lowest BCUT2D eigenvalue weighted by Crippen LogP contribution is -2.24. The first-order valence-corrected chi connectivity index (χ1v) is 7.95. The van der Waals surface area contributed by atoms with E-state index in [1.54, 1.807) is 0 Å². The number of hydrogen-bond acceptors (Lipinski definition) is 4. The first-order valence-electron chi connectivity index (χ1n) is 6.41. The Kier molecular flexibility index (Phi) is 4.23. The lowest BCUT2D eigenvalue weighted by molar-refractivity contribution is -0.0335. The van der Waals surface area contributed by atoms with Crippen LogP contribution in [0.3, 0.4) is 0 Å². The molecule has 1 saturated heterocycles. The third-order valence-corrected chi connectivity index (χ3v) is 4.16. The molecule has 1 aliphatic heterocycles. The molecule has 0 radical (unpaired) electrons. The van der Waals surface area contributed by atoms with Crippen molar-refractivity contribution in [2.24, 2.45) is 5.14 Å². The first kappa shape index (κ1) is 16.1. The van der Waals surface area contributed by atoms with E-state index < -0.39 is 32.3 Å². The number of nitrogens with two attached hydrogens (primary N) is 1. The number of sulfonamides is 1. The quantitative estimate of drug-likeness (QED) is 0.919. The van der Waals surface area contributed by atoms with E-state index in [0.717, 1.165) is 12.8 Å². The first-order chi connectivity index (χ1) is 9.58. The van der Waals surface area contributed by atoms with E-state index in [4.69, 9.17) is 14.6 Å². The predicted octanol–water partition coefficient (Wildman–Crippen LogP) is 1.95. The van der Waals surface area contributed by atoms with Gasteiger partial charge in [0.15, 0.2) is 17.4 Å². The molecular weight excluding hydrogens is 304 g/mol. The molecule has 0 bridgehead atoms. The lowest BCUT2D eigenvalue weighted by atomic mass is 10.1. The van der Waals surface area contributed by atoms with E-state index in [9.17, 15) is 17.2 Å². The van der Waals surface area contributed by atoms with Gasteiger partial charge in [-0.3, -0.25) is 0 Å². The van der Waals surface area contributed by atoms with Crippen molar-refractivity contribution in [1.29, 1.82) is 0 Å². The van der Waals surface area contributed by atoms with Crippen LogP contribution < -0.4 is 9.88 Å². The summed E-state index contributed by atoms with van der Waals surface area (Å²) < 4.78 is 60.4. The molecule has 1 unspecified atom stereocenters. The summed E-state index contributed by atoms with van der Waals surface area (Å²) in [6.45, 7) is 3.84. The average molecular weight is 321 g/mol. The van der Waals surface area contributed by atoms with Gasteiger partial charge in [0.2, 0.25) is 10.0 Å². The third kappa shape index (κ3) is 3.90. The van der Waals surface area contributed by atoms with Gasteiger partial charge >= 0.3 is 0 Å². The molecule has 5 nitrogen and oxygen atoms in total. The van der Waals surface area contributed by atoms with Crippen molar-refractivity contribution in [3.63, 3.8) is 0 Å². The Morgan fingerprint density at radius 2 is 1.95 bits per heavy atom. The molecule has 8 heteroatoms. The Hall–Kier alpha value is -1.25. The van der Waals surface area contributed by atoms with Crippen LogP contribution in [0.15, 0.2) is 17.0 Å². The minimum atomic E-state index is -4.17. The minimum absolute atomic E-state index is 0.00794. The van der Waals surface area contributed by atoms with Gasteiger partial charge in [-0.2, -0.15) is 0 Å². The molecule has 1 heterocycles. The molecule has 0 aliphatic carbocycles. The Labute approximate surface area is 122 Å². The molecule has 118 valence electrons. The maximum atomic E-state index is 13.7. The molecule has 1 aromatic rings. The highest BCUT2D eigenvalue weighted by molar-refractivity contribution is 7.89. The molecule has 1 fully saturated rings. The zero-order valence-corrected chi connectivity index (χ0v) is 12.5. The smallest absolute Gasteiger partial charge is 0.238 e. The fourth-order valence-electron chi connectivity index (χ4n) is 2.21. The number of rotatable bonds is 4. The van der Waals surface area contributed by atoms with Crippen molar-refractivity contribution in [3.05, 3.63) is 23.8 Å². The molecule has 0 amide bonds. The summed E-state index contributed by atoms with van der Waals surface area (Å²) in [5.41, 5.74) is -0.275. The Morgan fingerprint density at radius 1 is 1.38 bits per heavy atom. The second kappa shape index (κ2) is 5.51.